The Morgan fingerprint density at radius 2 is 1.88 bits per heavy atom. The van der Waals surface area contributed by atoms with Gasteiger partial charge in [-0.05, 0) is 56.5 Å². The fraction of sp³-hybridized carbons (Fsp3) is 0.333. The second-order valence-electron chi connectivity index (χ2n) is 8.61. The van der Waals surface area contributed by atoms with Crippen molar-refractivity contribution in [3.63, 3.8) is 0 Å². The maximum absolute atomic E-state index is 13.2. The maximum atomic E-state index is 13.2. The number of hydrogen-bond acceptors (Lipinski definition) is 8. The van der Waals surface area contributed by atoms with Crippen molar-refractivity contribution < 1.29 is 19.2 Å². The number of carbonyl (C=O) groups is 2. The first-order valence-corrected chi connectivity index (χ1v) is 10.9. The van der Waals surface area contributed by atoms with E-state index in [-0.39, 0.29) is 12.6 Å². The summed E-state index contributed by atoms with van der Waals surface area (Å²) in [6.45, 7) is 7.31. The van der Waals surface area contributed by atoms with Crippen LogP contribution in [0.4, 0.5) is 10.5 Å². The van der Waals surface area contributed by atoms with Gasteiger partial charge >= 0.3 is 6.09 Å². The molecule has 1 aromatic heterocycles. The second kappa shape index (κ2) is 10.8. The molecule has 4 N–H and O–H groups in total. The fourth-order valence-corrected chi connectivity index (χ4v) is 3.17. The van der Waals surface area contributed by atoms with Gasteiger partial charge in [0.15, 0.2) is 0 Å². The van der Waals surface area contributed by atoms with Crippen molar-refractivity contribution in [3.05, 3.63) is 60.0 Å². The average molecular weight is 467 g/mol. The van der Waals surface area contributed by atoms with Gasteiger partial charge in [-0.3, -0.25) is 10.1 Å². The largest absolute Gasteiger partial charge is 0.444 e. The number of hydroxylamine groups is 2. The minimum absolute atomic E-state index is 0.218. The number of alkyl carbamates (subject to hydrolysis) is 1. The molecule has 10 nitrogen and oxygen atoms in total. The highest BCUT2D eigenvalue weighted by Crippen LogP contribution is 2.29. The highest BCUT2D eigenvalue weighted by molar-refractivity contribution is 6.02. The molecule has 1 aromatic carbocycles. The number of ether oxygens (including phenoxy) is 1. The van der Waals surface area contributed by atoms with Crippen LogP contribution in [0.25, 0.3) is 17.2 Å². The molecule has 3 rings (SSSR count). The van der Waals surface area contributed by atoms with Gasteiger partial charge in [0.05, 0.1) is 0 Å². The van der Waals surface area contributed by atoms with Gasteiger partial charge in [-0.2, -0.15) is 0 Å². The molecule has 0 atom stereocenters. The Morgan fingerprint density at radius 3 is 2.56 bits per heavy atom. The lowest BCUT2D eigenvalue weighted by atomic mass is 10.0. The van der Waals surface area contributed by atoms with E-state index in [1.165, 1.54) is 11.4 Å². The van der Waals surface area contributed by atoms with Gasteiger partial charge in [-0.25, -0.2) is 24.7 Å². The van der Waals surface area contributed by atoms with Gasteiger partial charge < -0.3 is 15.8 Å². The van der Waals surface area contributed by atoms with Crippen LogP contribution in [0, 0.1) is 0 Å². The third-order valence-corrected chi connectivity index (χ3v) is 4.58. The van der Waals surface area contributed by atoms with E-state index >= 15 is 0 Å². The van der Waals surface area contributed by atoms with E-state index < -0.39 is 11.7 Å². The summed E-state index contributed by atoms with van der Waals surface area (Å²) in [4.78, 5) is 38.7. The van der Waals surface area contributed by atoms with Crippen LogP contribution in [0.3, 0.4) is 0 Å². The molecule has 0 radical (unpaired) electrons. The molecular formula is C24H30N6O4. The summed E-state index contributed by atoms with van der Waals surface area (Å²) in [5, 5.41) is 6.82. The number of rotatable bonds is 7. The number of nitrogens with zero attached hydrogens (tertiary/aromatic N) is 3. The first kappa shape index (κ1) is 24.7. The van der Waals surface area contributed by atoms with Crippen LogP contribution >= 0.6 is 0 Å². The Kier molecular flexibility index (Phi) is 7.85. The van der Waals surface area contributed by atoms with Gasteiger partial charge in [0, 0.05) is 35.8 Å². The smallest absolute Gasteiger partial charge is 0.409 e. The van der Waals surface area contributed by atoms with E-state index in [2.05, 4.69) is 20.6 Å². The molecule has 0 saturated heterocycles. The number of aromatic nitrogens is 2. The van der Waals surface area contributed by atoms with Crippen LogP contribution in [0.5, 0.6) is 0 Å². The number of benzene rings is 1. The predicted octanol–water partition coefficient (Wildman–Crippen LogP) is 3.41. The monoisotopic (exact) mass is 466 g/mol. The van der Waals surface area contributed by atoms with Crippen molar-refractivity contribution in [2.45, 2.75) is 39.7 Å². The molecule has 1 aliphatic heterocycles. The quantitative estimate of drug-likeness (QED) is 0.418. The lowest BCUT2D eigenvalue weighted by Gasteiger charge is -2.23. The van der Waals surface area contributed by atoms with Crippen molar-refractivity contribution in [3.8, 4) is 11.1 Å². The summed E-state index contributed by atoms with van der Waals surface area (Å²) in [5.41, 5.74) is 9.14. The number of carbonyl (C=O) groups excluding carboxylic acids is 2. The Balaban J connectivity index is 1.77. The summed E-state index contributed by atoms with van der Waals surface area (Å²) in [6, 6.07) is 5.73. The Bertz CT molecular complexity index is 1090. The van der Waals surface area contributed by atoms with Gasteiger partial charge in [-0.15, -0.1) is 0 Å². The molecule has 1 aliphatic rings. The normalized spacial score (nSPS) is 12.9. The van der Waals surface area contributed by atoms with E-state index in [0.717, 1.165) is 22.4 Å². The lowest BCUT2D eigenvalue weighted by molar-refractivity contribution is -0.184. The van der Waals surface area contributed by atoms with Crippen LogP contribution < -0.4 is 16.4 Å². The number of anilines is 1. The van der Waals surface area contributed by atoms with Crippen molar-refractivity contribution >= 4 is 23.8 Å². The molecule has 10 heteroatoms. The number of nitrogens with one attached hydrogen (secondary N) is 2. The maximum Gasteiger partial charge on any atom is 0.409 e. The molecule has 2 heterocycles. The molecule has 34 heavy (non-hydrogen) atoms. The number of hydrogen-bond donors (Lipinski definition) is 3. The van der Waals surface area contributed by atoms with Crippen LogP contribution in [-0.4, -0.2) is 45.9 Å². The molecule has 2 amide bonds. The third kappa shape index (κ3) is 6.79. The third-order valence-electron chi connectivity index (χ3n) is 4.58. The van der Waals surface area contributed by atoms with E-state index in [0.29, 0.717) is 24.4 Å². The Labute approximate surface area is 198 Å². The summed E-state index contributed by atoms with van der Waals surface area (Å²) in [7, 11) is 0. The minimum Gasteiger partial charge on any atom is -0.444 e. The van der Waals surface area contributed by atoms with Crippen molar-refractivity contribution in [2.75, 3.05) is 18.6 Å². The molecular weight excluding hydrogens is 436 g/mol. The first-order valence-electron chi connectivity index (χ1n) is 10.9. The summed E-state index contributed by atoms with van der Waals surface area (Å²) in [5.74, 6) is -0.0749. The van der Waals surface area contributed by atoms with Crippen LogP contribution in [0.1, 0.15) is 39.7 Å². The number of fused-ring (bicyclic) bond motifs is 1. The molecule has 0 fully saturated rings. The van der Waals surface area contributed by atoms with Gasteiger partial charge in [0.25, 0.3) is 5.91 Å². The average Bonchev–Trinajstić information content (AvgIpc) is 2.94. The van der Waals surface area contributed by atoms with E-state index in [1.807, 2.05) is 25.1 Å². The molecule has 0 saturated carbocycles. The topological polar surface area (TPSA) is 132 Å². The highest BCUT2D eigenvalue weighted by atomic mass is 16.7. The highest BCUT2D eigenvalue weighted by Gasteiger charge is 2.22. The SMILES string of the molecule is CCCN(OCNC(=O)OC(C)(C)C)C(=O)C1=Cc2ccc(-c3cncnc3)cc2NC(N)=C1. The number of amides is 2. The lowest BCUT2D eigenvalue weighted by Crippen LogP contribution is -2.39. The van der Waals surface area contributed by atoms with Gasteiger partial charge in [0.1, 0.15) is 24.5 Å². The zero-order chi connectivity index (χ0) is 24.7. The first-order chi connectivity index (χ1) is 16.2. The van der Waals surface area contributed by atoms with Crippen molar-refractivity contribution in [2.24, 2.45) is 5.73 Å². The van der Waals surface area contributed by atoms with E-state index in [9.17, 15) is 9.59 Å². The fourth-order valence-electron chi connectivity index (χ4n) is 3.17. The van der Waals surface area contributed by atoms with Gasteiger partial charge in [-0.1, -0.05) is 19.1 Å². The second-order valence-corrected chi connectivity index (χ2v) is 8.61. The summed E-state index contributed by atoms with van der Waals surface area (Å²) in [6.07, 6.45) is 8.24. The zero-order valence-corrected chi connectivity index (χ0v) is 19.8. The molecule has 0 spiro atoms. The molecule has 180 valence electrons. The number of nitrogens with two attached hydrogens (primary N) is 1. The van der Waals surface area contributed by atoms with Crippen LogP contribution in [-0.2, 0) is 14.4 Å². The standard InChI is InChI=1S/C24H30N6O4/c1-5-8-30(33-15-28-23(32)34-24(2,3)4)22(31)18-9-17-7-6-16(19-12-26-14-27-13-19)10-20(17)29-21(25)11-18/h6-7,9-14,29H,5,8,15,25H2,1-4H3,(H,28,32). The molecule has 0 unspecified atom stereocenters. The van der Waals surface area contributed by atoms with Crippen LogP contribution in [0.2, 0.25) is 0 Å². The van der Waals surface area contributed by atoms with E-state index in [4.69, 9.17) is 15.3 Å². The van der Waals surface area contributed by atoms with Crippen molar-refractivity contribution in [1.29, 1.82) is 0 Å². The summed E-state index contributed by atoms with van der Waals surface area (Å²) >= 11 is 0. The van der Waals surface area contributed by atoms with Gasteiger partial charge in [0.2, 0.25) is 0 Å². The molecule has 0 aliphatic carbocycles. The van der Waals surface area contributed by atoms with Crippen molar-refractivity contribution in [1.82, 2.24) is 20.3 Å². The van der Waals surface area contributed by atoms with E-state index in [1.54, 1.807) is 45.3 Å². The Hall–Kier alpha value is -3.92. The summed E-state index contributed by atoms with van der Waals surface area (Å²) < 4.78 is 5.18. The molecule has 0 bridgehead atoms. The Morgan fingerprint density at radius 1 is 1.15 bits per heavy atom. The minimum atomic E-state index is -0.635. The molecule has 2 aromatic rings. The predicted molar refractivity (Wildman–Crippen MR) is 129 cm³/mol. The zero-order valence-electron chi connectivity index (χ0n) is 19.8. The van der Waals surface area contributed by atoms with Crippen LogP contribution in [0.15, 0.2) is 54.4 Å².